The highest BCUT2D eigenvalue weighted by atomic mass is 32.1. The van der Waals surface area contributed by atoms with Crippen molar-refractivity contribution in [1.29, 1.82) is 0 Å². The Morgan fingerprint density at radius 1 is 1.14 bits per heavy atom. The summed E-state index contributed by atoms with van der Waals surface area (Å²) in [7, 11) is 0. The third kappa shape index (κ3) is 2.83. The monoisotopic (exact) mass is 412 g/mol. The third-order valence-electron chi connectivity index (χ3n) is 5.45. The Kier molecular flexibility index (Phi) is 3.89. The van der Waals surface area contributed by atoms with E-state index in [0.717, 1.165) is 15.0 Å². The van der Waals surface area contributed by atoms with Gasteiger partial charge in [0.05, 0.1) is 29.1 Å². The highest BCUT2D eigenvalue weighted by Gasteiger charge is 2.48. The highest BCUT2D eigenvalue weighted by Crippen LogP contribution is 2.36. The quantitative estimate of drug-likeness (QED) is 0.539. The SMILES string of the molecule is O[C@@H]1CO[C@H]2[C@@H]1OC[C@H]2Oc1cc2nc(-c3cc4ccccc4s3)c(F)cc2[nH]1. The normalized spacial score (nSPS) is 26.4. The van der Waals surface area contributed by atoms with Gasteiger partial charge < -0.3 is 24.3 Å². The number of aromatic nitrogens is 2. The Hall–Kier alpha value is -2.52. The van der Waals surface area contributed by atoms with Crippen molar-refractivity contribution in [2.45, 2.75) is 24.4 Å². The van der Waals surface area contributed by atoms with Crippen molar-refractivity contribution < 1.29 is 23.7 Å². The van der Waals surface area contributed by atoms with Gasteiger partial charge in [0.1, 0.15) is 24.0 Å². The fourth-order valence-corrected chi connectivity index (χ4v) is 5.10. The molecule has 6 rings (SSSR count). The maximum atomic E-state index is 14.8. The molecule has 4 aromatic rings. The molecule has 148 valence electrons. The van der Waals surface area contributed by atoms with Crippen LogP contribution in [0.15, 0.2) is 42.5 Å². The van der Waals surface area contributed by atoms with E-state index < -0.39 is 6.10 Å². The lowest BCUT2D eigenvalue weighted by atomic mass is 10.1. The minimum atomic E-state index is -0.629. The molecule has 2 aliphatic rings. The Morgan fingerprint density at radius 3 is 2.90 bits per heavy atom. The van der Waals surface area contributed by atoms with E-state index in [2.05, 4.69) is 9.97 Å². The van der Waals surface area contributed by atoms with Crippen molar-refractivity contribution in [3.63, 3.8) is 0 Å². The van der Waals surface area contributed by atoms with Crippen LogP contribution < -0.4 is 4.74 Å². The van der Waals surface area contributed by atoms with Crippen LogP contribution in [0.1, 0.15) is 0 Å². The first-order chi connectivity index (χ1) is 14.2. The van der Waals surface area contributed by atoms with Crippen molar-refractivity contribution in [2.24, 2.45) is 0 Å². The van der Waals surface area contributed by atoms with Crippen molar-refractivity contribution in [2.75, 3.05) is 13.2 Å². The van der Waals surface area contributed by atoms with E-state index in [-0.39, 0.29) is 30.7 Å². The Morgan fingerprint density at radius 2 is 2.00 bits per heavy atom. The van der Waals surface area contributed by atoms with E-state index in [9.17, 15) is 9.50 Å². The minimum absolute atomic E-state index is 0.243. The number of rotatable bonds is 3. The smallest absolute Gasteiger partial charge is 0.193 e. The van der Waals surface area contributed by atoms with Crippen LogP contribution in [0.5, 0.6) is 5.88 Å². The lowest BCUT2D eigenvalue weighted by Crippen LogP contribution is -2.34. The summed E-state index contributed by atoms with van der Waals surface area (Å²) in [5.41, 5.74) is 1.51. The number of H-pyrrole nitrogens is 1. The van der Waals surface area contributed by atoms with Gasteiger partial charge in [-0.05, 0) is 17.5 Å². The molecule has 2 N–H and O–H groups in total. The van der Waals surface area contributed by atoms with Crippen LogP contribution in [0.3, 0.4) is 0 Å². The molecule has 0 bridgehead atoms. The molecule has 5 heterocycles. The van der Waals surface area contributed by atoms with Crippen molar-refractivity contribution in [1.82, 2.24) is 9.97 Å². The summed E-state index contributed by atoms with van der Waals surface area (Å²) in [6.45, 7) is 0.573. The number of aliphatic hydroxyl groups excluding tert-OH is 1. The standard InChI is InChI=1S/C21H17FN2O4S/c22-11-6-12-13(24-19(11)17-5-10-3-1-2-4-16(10)29-17)7-18(23-12)28-15-9-27-20-14(25)8-26-21(15)20/h1-7,14-15,20-21,23,25H,8-9H2/t14-,15-,20-,21-/m1/s1. The highest BCUT2D eigenvalue weighted by molar-refractivity contribution is 7.22. The molecule has 29 heavy (non-hydrogen) atoms. The number of thiophene rings is 1. The van der Waals surface area contributed by atoms with Gasteiger partial charge >= 0.3 is 0 Å². The van der Waals surface area contributed by atoms with E-state index in [0.29, 0.717) is 29.2 Å². The Balaban J connectivity index is 1.32. The molecule has 0 amide bonds. The molecule has 2 saturated heterocycles. The summed E-state index contributed by atoms with van der Waals surface area (Å²) in [6.07, 6.45) is -1.64. The molecular weight excluding hydrogens is 395 g/mol. The first-order valence-corrected chi connectivity index (χ1v) is 10.2. The lowest BCUT2D eigenvalue weighted by molar-refractivity contribution is 0.00794. The zero-order valence-electron chi connectivity index (χ0n) is 15.2. The molecule has 0 spiro atoms. The van der Waals surface area contributed by atoms with Crippen LogP contribution in [0.4, 0.5) is 4.39 Å². The Bertz CT molecular complexity index is 1190. The first-order valence-electron chi connectivity index (χ1n) is 9.42. The molecule has 2 fully saturated rings. The fourth-order valence-electron chi connectivity index (χ4n) is 4.05. The van der Waals surface area contributed by atoms with Crippen molar-refractivity contribution in [3.05, 3.63) is 48.3 Å². The van der Waals surface area contributed by atoms with Crippen LogP contribution >= 0.6 is 11.3 Å². The van der Waals surface area contributed by atoms with Gasteiger partial charge in [0.25, 0.3) is 0 Å². The van der Waals surface area contributed by atoms with Crippen LogP contribution in [0.2, 0.25) is 0 Å². The molecule has 8 heteroatoms. The number of hydrogen-bond donors (Lipinski definition) is 2. The number of benzene rings is 1. The number of ether oxygens (including phenoxy) is 3. The lowest BCUT2D eigenvalue weighted by Gasteiger charge is -2.16. The molecule has 0 radical (unpaired) electrons. The third-order valence-corrected chi connectivity index (χ3v) is 6.57. The van der Waals surface area contributed by atoms with E-state index >= 15 is 0 Å². The zero-order valence-corrected chi connectivity index (χ0v) is 16.0. The molecule has 4 atom stereocenters. The van der Waals surface area contributed by atoms with Gasteiger partial charge in [-0.15, -0.1) is 11.3 Å². The molecule has 3 aromatic heterocycles. The second-order valence-electron chi connectivity index (χ2n) is 7.35. The van der Waals surface area contributed by atoms with Gasteiger partial charge in [-0.25, -0.2) is 9.37 Å². The molecule has 1 aromatic carbocycles. The van der Waals surface area contributed by atoms with Crippen molar-refractivity contribution >= 4 is 32.5 Å². The summed E-state index contributed by atoms with van der Waals surface area (Å²) in [5, 5.41) is 10.9. The molecule has 0 saturated carbocycles. The summed E-state index contributed by atoms with van der Waals surface area (Å²) < 4.78 is 33.0. The maximum Gasteiger partial charge on any atom is 0.193 e. The number of fused-ring (bicyclic) bond motifs is 3. The molecule has 6 nitrogen and oxygen atoms in total. The molecule has 2 aliphatic heterocycles. The average molecular weight is 412 g/mol. The number of hydrogen-bond acceptors (Lipinski definition) is 6. The predicted octanol–water partition coefficient (Wildman–Crippen LogP) is 3.49. The summed E-state index contributed by atoms with van der Waals surface area (Å²) in [6, 6.07) is 13.1. The minimum Gasteiger partial charge on any atom is -0.470 e. The number of halogens is 1. The van der Waals surface area contributed by atoms with Gasteiger partial charge in [0, 0.05) is 16.8 Å². The number of aliphatic hydroxyl groups is 1. The van der Waals surface area contributed by atoms with Gasteiger partial charge in [0.15, 0.2) is 17.8 Å². The summed E-state index contributed by atoms with van der Waals surface area (Å²) in [4.78, 5) is 8.39. The maximum absolute atomic E-state index is 14.8. The number of nitrogens with one attached hydrogen (secondary N) is 1. The number of aromatic amines is 1. The molecule has 0 unspecified atom stereocenters. The Labute approximate surface area is 168 Å². The van der Waals surface area contributed by atoms with Gasteiger partial charge in [-0.2, -0.15) is 0 Å². The van der Waals surface area contributed by atoms with E-state index in [1.54, 1.807) is 6.07 Å². The van der Waals surface area contributed by atoms with E-state index in [1.807, 2.05) is 30.3 Å². The van der Waals surface area contributed by atoms with E-state index in [1.165, 1.54) is 17.4 Å². The average Bonchev–Trinajstić information content (AvgIpc) is 3.46. The summed E-state index contributed by atoms with van der Waals surface area (Å²) >= 11 is 1.52. The largest absolute Gasteiger partial charge is 0.470 e. The molecular formula is C21H17FN2O4S. The van der Waals surface area contributed by atoms with Crippen LogP contribution in [-0.4, -0.2) is 52.7 Å². The first kappa shape index (κ1) is 17.3. The zero-order chi connectivity index (χ0) is 19.5. The number of nitrogens with zero attached hydrogens (tertiary/aromatic N) is 1. The van der Waals surface area contributed by atoms with Crippen molar-refractivity contribution in [3.8, 4) is 16.5 Å². The second kappa shape index (κ2) is 6.50. The van der Waals surface area contributed by atoms with Gasteiger partial charge in [-0.3, -0.25) is 0 Å². The van der Waals surface area contributed by atoms with Crippen LogP contribution in [0.25, 0.3) is 31.7 Å². The number of pyridine rings is 1. The van der Waals surface area contributed by atoms with Crippen LogP contribution in [-0.2, 0) is 9.47 Å². The van der Waals surface area contributed by atoms with Gasteiger partial charge in [0.2, 0.25) is 0 Å². The van der Waals surface area contributed by atoms with Gasteiger partial charge in [-0.1, -0.05) is 18.2 Å². The second-order valence-corrected chi connectivity index (χ2v) is 8.44. The molecule has 0 aliphatic carbocycles. The topological polar surface area (TPSA) is 76.6 Å². The van der Waals surface area contributed by atoms with Crippen LogP contribution in [0, 0.1) is 5.82 Å². The van der Waals surface area contributed by atoms with E-state index in [4.69, 9.17) is 14.2 Å². The fraction of sp³-hybridized carbons (Fsp3) is 0.286. The summed E-state index contributed by atoms with van der Waals surface area (Å²) in [5.74, 6) is 0.0867. The predicted molar refractivity (Wildman–Crippen MR) is 107 cm³/mol.